The summed E-state index contributed by atoms with van der Waals surface area (Å²) in [7, 11) is 0. The molecule has 4 heterocycles. The van der Waals surface area contributed by atoms with Crippen LogP contribution in [-0.2, 0) is 11.3 Å². The number of rotatable bonds is 5. The molecule has 1 N–H and O–H groups in total. The summed E-state index contributed by atoms with van der Waals surface area (Å²) < 4.78 is 3.31. The molecule has 1 aliphatic heterocycles. The van der Waals surface area contributed by atoms with E-state index >= 15 is 0 Å². The summed E-state index contributed by atoms with van der Waals surface area (Å²) >= 11 is 1.50. The van der Waals surface area contributed by atoms with Gasteiger partial charge in [-0.15, -0.1) is 5.10 Å². The van der Waals surface area contributed by atoms with Crippen molar-refractivity contribution in [2.75, 3.05) is 23.3 Å². The van der Waals surface area contributed by atoms with Crippen LogP contribution in [-0.4, -0.2) is 43.1 Å². The van der Waals surface area contributed by atoms with Crippen molar-refractivity contribution in [3.63, 3.8) is 0 Å². The molecule has 10 heteroatoms. The van der Waals surface area contributed by atoms with Crippen LogP contribution in [0.1, 0.15) is 44.6 Å². The first-order chi connectivity index (χ1) is 15.5. The second-order valence-corrected chi connectivity index (χ2v) is 9.38. The Labute approximate surface area is 188 Å². The van der Waals surface area contributed by atoms with Crippen LogP contribution in [0.15, 0.2) is 35.4 Å². The molecule has 32 heavy (non-hydrogen) atoms. The number of carbonyl (C=O) groups is 1. The van der Waals surface area contributed by atoms with Gasteiger partial charge in [0.05, 0.1) is 0 Å². The molecular formula is C22H25N7O2S. The maximum atomic E-state index is 12.8. The highest BCUT2D eigenvalue weighted by molar-refractivity contribution is 7.22. The Morgan fingerprint density at radius 1 is 1.16 bits per heavy atom. The third kappa shape index (κ3) is 3.86. The maximum Gasteiger partial charge on any atom is 0.352 e. The molecule has 1 aromatic carbocycles. The quantitative estimate of drug-likeness (QED) is 0.500. The number of thiazole rings is 1. The summed E-state index contributed by atoms with van der Waals surface area (Å²) in [5.74, 6) is 0.110. The maximum absolute atomic E-state index is 12.8. The van der Waals surface area contributed by atoms with Crippen molar-refractivity contribution < 1.29 is 4.79 Å². The SMILES string of the molecule is CC(C)c1ccc(NC(=O)Cn2nc3c4sc(N5CCCCC5)nc4ncn3c2=O)cc1. The van der Waals surface area contributed by atoms with Gasteiger partial charge in [0.1, 0.15) is 17.6 Å². The van der Waals surface area contributed by atoms with Gasteiger partial charge in [-0.2, -0.15) is 4.98 Å². The van der Waals surface area contributed by atoms with E-state index in [0.29, 0.717) is 22.9 Å². The zero-order valence-electron chi connectivity index (χ0n) is 18.1. The Morgan fingerprint density at radius 3 is 2.62 bits per heavy atom. The molecule has 5 rings (SSSR count). The van der Waals surface area contributed by atoms with Crippen LogP contribution >= 0.6 is 11.3 Å². The van der Waals surface area contributed by atoms with Crippen molar-refractivity contribution in [2.24, 2.45) is 0 Å². The minimum Gasteiger partial charge on any atom is -0.348 e. The van der Waals surface area contributed by atoms with Crippen molar-refractivity contribution in [1.29, 1.82) is 0 Å². The van der Waals surface area contributed by atoms with Gasteiger partial charge in [-0.3, -0.25) is 4.79 Å². The Morgan fingerprint density at radius 2 is 1.91 bits per heavy atom. The molecule has 9 nitrogen and oxygen atoms in total. The van der Waals surface area contributed by atoms with E-state index < -0.39 is 5.69 Å². The van der Waals surface area contributed by atoms with Gasteiger partial charge in [0, 0.05) is 18.8 Å². The Bertz CT molecular complexity index is 1330. The minimum absolute atomic E-state index is 0.175. The highest BCUT2D eigenvalue weighted by Gasteiger charge is 2.20. The molecule has 3 aromatic heterocycles. The highest BCUT2D eigenvalue weighted by Crippen LogP contribution is 2.31. The number of nitrogens with one attached hydrogen (secondary N) is 1. The summed E-state index contributed by atoms with van der Waals surface area (Å²) in [5.41, 5.74) is 2.55. The third-order valence-corrected chi connectivity index (χ3v) is 6.85. The van der Waals surface area contributed by atoms with E-state index in [4.69, 9.17) is 0 Å². The van der Waals surface area contributed by atoms with E-state index in [0.717, 1.165) is 35.8 Å². The van der Waals surface area contributed by atoms with Gasteiger partial charge >= 0.3 is 5.69 Å². The van der Waals surface area contributed by atoms with Crippen molar-refractivity contribution in [1.82, 2.24) is 24.1 Å². The number of hydrogen-bond acceptors (Lipinski definition) is 7. The smallest absolute Gasteiger partial charge is 0.348 e. The fourth-order valence-electron chi connectivity index (χ4n) is 3.94. The molecule has 0 unspecified atom stereocenters. The number of aromatic nitrogens is 5. The predicted molar refractivity (Wildman–Crippen MR) is 126 cm³/mol. The molecule has 0 aliphatic carbocycles. The van der Waals surface area contributed by atoms with Crippen molar-refractivity contribution in [2.45, 2.75) is 45.6 Å². The number of fused-ring (bicyclic) bond motifs is 3. The number of amides is 1. The van der Waals surface area contributed by atoms with Crippen molar-refractivity contribution in [3.8, 4) is 0 Å². The lowest BCUT2D eigenvalue weighted by molar-refractivity contribution is -0.117. The summed E-state index contributed by atoms with van der Waals surface area (Å²) in [4.78, 5) is 36.6. The first-order valence-electron chi connectivity index (χ1n) is 10.9. The Balaban J connectivity index is 1.39. The lowest BCUT2D eigenvalue weighted by atomic mass is 10.0. The number of anilines is 2. The van der Waals surface area contributed by atoms with Gasteiger partial charge in [0.25, 0.3) is 0 Å². The van der Waals surface area contributed by atoms with Crippen molar-refractivity contribution >= 4 is 44.1 Å². The molecule has 1 fully saturated rings. The molecule has 0 bridgehead atoms. The number of benzene rings is 1. The molecule has 0 radical (unpaired) electrons. The van der Waals surface area contributed by atoms with Gasteiger partial charge < -0.3 is 10.2 Å². The van der Waals surface area contributed by atoms with Crippen LogP contribution in [0.5, 0.6) is 0 Å². The summed E-state index contributed by atoms with van der Waals surface area (Å²) in [6, 6.07) is 7.71. The van der Waals surface area contributed by atoms with Gasteiger partial charge in [-0.1, -0.05) is 37.3 Å². The molecule has 0 spiro atoms. The zero-order valence-corrected chi connectivity index (χ0v) is 18.9. The molecule has 1 aliphatic rings. The van der Waals surface area contributed by atoms with E-state index in [1.165, 1.54) is 38.7 Å². The lowest BCUT2D eigenvalue weighted by Crippen LogP contribution is -2.29. The average Bonchev–Trinajstić information content (AvgIpc) is 3.36. The average molecular weight is 452 g/mol. The normalized spacial score (nSPS) is 14.5. The second-order valence-electron chi connectivity index (χ2n) is 8.40. The van der Waals surface area contributed by atoms with Crippen LogP contribution in [0, 0.1) is 0 Å². The van der Waals surface area contributed by atoms with Crippen LogP contribution in [0.4, 0.5) is 10.8 Å². The van der Waals surface area contributed by atoms with E-state index in [9.17, 15) is 9.59 Å². The standard InChI is InChI=1S/C22H25N7O2S/c1-14(2)15-6-8-16(9-7-15)24-17(30)12-29-22(31)28-13-23-19-18(20(28)26-29)32-21(25-19)27-10-4-3-5-11-27/h6-9,13-14H,3-5,10-12H2,1-2H3,(H,24,30). The number of nitrogens with zero attached hydrogens (tertiary/aromatic N) is 6. The fraction of sp³-hybridized carbons (Fsp3) is 0.409. The van der Waals surface area contributed by atoms with Crippen LogP contribution in [0.2, 0.25) is 0 Å². The fourth-order valence-corrected chi connectivity index (χ4v) is 4.98. The predicted octanol–water partition coefficient (Wildman–Crippen LogP) is 3.25. The number of hydrogen-bond donors (Lipinski definition) is 1. The van der Waals surface area contributed by atoms with Crippen molar-refractivity contribution in [3.05, 3.63) is 46.6 Å². The molecule has 166 valence electrons. The number of carbonyl (C=O) groups excluding carboxylic acids is 1. The lowest BCUT2D eigenvalue weighted by Gasteiger charge is -2.25. The minimum atomic E-state index is -0.396. The molecule has 1 amide bonds. The van der Waals surface area contributed by atoms with Crippen LogP contribution in [0.3, 0.4) is 0 Å². The second kappa shape index (κ2) is 8.34. The molecule has 0 atom stereocenters. The largest absolute Gasteiger partial charge is 0.352 e. The monoisotopic (exact) mass is 451 g/mol. The summed E-state index contributed by atoms with van der Waals surface area (Å²) in [5, 5.41) is 8.18. The van der Waals surface area contributed by atoms with Gasteiger partial charge in [-0.05, 0) is 42.9 Å². The highest BCUT2D eigenvalue weighted by atomic mass is 32.1. The molecule has 1 saturated heterocycles. The van der Waals surface area contributed by atoms with Gasteiger partial charge in [0.15, 0.2) is 16.4 Å². The van der Waals surface area contributed by atoms with Gasteiger partial charge in [-0.25, -0.2) is 18.9 Å². The van der Waals surface area contributed by atoms with Crippen LogP contribution in [0.25, 0.3) is 16.0 Å². The van der Waals surface area contributed by atoms with Gasteiger partial charge in [0.2, 0.25) is 5.91 Å². The molecule has 4 aromatic rings. The van der Waals surface area contributed by atoms with E-state index in [1.54, 1.807) is 0 Å². The Hall–Kier alpha value is -3.27. The summed E-state index contributed by atoms with van der Waals surface area (Å²) in [6.07, 6.45) is 4.99. The zero-order chi connectivity index (χ0) is 22.2. The topological polar surface area (TPSA) is 97.4 Å². The third-order valence-electron chi connectivity index (χ3n) is 5.75. The summed E-state index contributed by atoms with van der Waals surface area (Å²) in [6.45, 7) is 6.03. The molecular weight excluding hydrogens is 426 g/mol. The van der Waals surface area contributed by atoms with E-state index in [-0.39, 0.29) is 12.5 Å². The molecule has 0 saturated carbocycles. The van der Waals surface area contributed by atoms with E-state index in [2.05, 4.69) is 39.1 Å². The van der Waals surface area contributed by atoms with Crippen LogP contribution < -0.4 is 15.9 Å². The first-order valence-corrected chi connectivity index (χ1v) is 11.7. The Kier molecular flexibility index (Phi) is 5.38. The number of piperidine rings is 1. The first kappa shape index (κ1) is 20.6. The van der Waals surface area contributed by atoms with E-state index in [1.807, 2.05) is 24.3 Å².